The molecule has 1 amide bonds. The molecule has 0 unspecified atom stereocenters. The van der Waals surface area contributed by atoms with Gasteiger partial charge in [-0.05, 0) is 42.0 Å². The topological polar surface area (TPSA) is 77.8 Å². The van der Waals surface area contributed by atoms with E-state index in [9.17, 15) is 4.79 Å². The second-order valence-electron chi connectivity index (χ2n) is 6.60. The third-order valence-corrected chi connectivity index (χ3v) is 5.90. The molecule has 0 saturated carbocycles. The van der Waals surface area contributed by atoms with Crippen LogP contribution in [0.5, 0.6) is 11.5 Å². The lowest BCUT2D eigenvalue weighted by atomic mass is 10.2. The largest absolute Gasteiger partial charge is 0.486 e. The summed E-state index contributed by atoms with van der Waals surface area (Å²) in [6.45, 7) is 1.04. The Labute approximate surface area is 190 Å². The Bertz CT molecular complexity index is 1330. The fourth-order valence-electron chi connectivity index (χ4n) is 3.10. The van der Waals surface area contributed by atoms with Crippen LogP contribution in [0.4, 0.5) is 5.95 Å². The Kier molecular flexibility index (Phi) is 5.27. The number of anilines is 1. The van der Waals surface area contributed by atoms with Crippen molar-refractivity contribution in [1.29, 1.82) is 0 Å². The van der Waals surface area contributed by atoms with Crippen LogP contribution in [0, 0.1) is 0 Å². The molecule has 7 nitrogen and oxygen atoms in total. The molecule has 1 aliphatic heterocycles. The van der Waals surface area contributed by atoms with Gasteiger partial charge in [0.2, 0.25) is 4.96 Å². The minimum atomic E-state index is -0.351. The molecule has 0 atom stereocenters. The summed E-state index contributed by atoms with van der Waals surface area (Å²) in [4.78, 5) is 17.3. The minimum Gasteiger partial charge on any atom is -0.486 e. The monoisotopic (exact) mass is 472 g/mol. The summed E-state index contributed by atoms with van der Waals surface area (Å²) in [5.41, 5.74) is 2.30. The highest BCUT2D eigenvalue weighted by Crippen LogP contribution is 2.33. The van der Waals surface area contributed by atoms with Gasteiger partial charge in [0.15, 0.2) is 11.5 Å². The summed E-state index contributed by atoms with van der Waals surface area (Å²) in [5.74, 6) is 1.21. The number of nitrogens with zero attached hydrogens (tertiary/aromatic N) is 3. The number of hydrogen-bond acceptors (Lipinski definition) is 6. The molecular weight excluding hydrogens is 459 g/mol. The summed E-state index contributed by atoms with van der Waals surface area (Å²) in [6.07, 6.45) is 3.10. The maximum atomic E-state index is 12.3. The Hall–Kier alpha value is -3.07. The second-order valence-corrected chi connectivity index (χ2v) is 8.28. The van der Waals surface area contributed by atoms with Crippen LogP contribution in [0.3, 0.4) is 0 Å². The lowest BCUT2D eigenvalue weighted by Gasteiger charge is -2.18. The van der Waals surface area contributed by atoms with Crippen molar-refractivity contribution in [2.24, 2.45) is 0 Å². The zero-order chi connectivity index (χ0) is 21.4. The van der Waals surface area contributed by atoms with Crippen molar-refractivity contribution in [1.82, 2.24) is 14.6 Å². The van der Waals surface area contributed by atoms with Gasteiger partial charge in [-0.1, -0.05) is 29.3 Å². The molecule has 1 N–H and O–H groups in total. The average molecular weight is 473 g/mol. The van der Waals surface area contributed by atoms with E-state index in [1.165, 1.54) is 17.4 Å². The molecule has 0 spiro atoms. The van der Waals surface area contributed by atoms with Crippen LogP contribution in [0.2, 0.25) is 10.0 Å². The predicted octanol–water partition coefficient (Wildman–Crippen LogP) is 5.19. The highest BCUT2D eigenvalue weighted by atomic mass is 35.5. The van der Waals surface area contributed by atoms with Gasteiger partial charge in [-0.2, -0.15) is 4.98 Å². The van der Waals surface area contributed by atoms with E-state index in [0.717, 1.165) is 16.8 Å². The highest BCUT2D eigenvalue weighted by molar-refractivity contribution is 7.15. The number of ether oxygens (including phenoxy) is 2. The Morgan fingerprint density at radius 1 is 1.13 bits per heavy atom. The quantitative estimate of drug-likeness (QED) is 0.413. The van der Waals surface area contributed by atoms with Crippen LogP contribution in [0.1, 0.15) is 5.56 Å². The van der Waals surface area contributed by atoms with E-state index >= 15 is 0 Å². The van der Waals surface area contributed by atoms with Crippen molar-refractivity contribution >= 4 is 57.4 Å². The molecule has 0 saturated heterocycles. The summed E-state index contributed by atoms with van der Waals surface area (Å²) < 4.78 is 12.7. The number of nitrogens with one attached hydrogen (secondary N) is 1. The molecule has 0 radical (unpaired) electrons. The molecule has 10 heteroatoms. The van der Waals surface area contributed by atoms with Gasteiger partial charge >= 0.3 is 0 Å². The third kappa shape index (κ3) is 4.10. The molecule has 3 heterocycles. The van der Waals surface area contributed by atoms with Crippen LogP contribution in [-0.2, 0) is 4.79 Å². The van der Waals surface area contributed by atoms with E-state index in [0.29, 0.717) is 39.7 Å². The second kappa shape index (κ2) is 8.22. The van der Waals surface area contributed by atoms with Gasteiger partial charge in [0.25, 0.3) is 11.9 Å². The van der Waals surface area contributed by atoms with E-state index in [-0.39, 0.29) is 11.9 Å². The lowest BCUT2D eigenvalue weighted by Crippen LogP contribution is -2.15. The van der Waals surface area contributed by atoms with Crippen LogP contribution < -0.4 is 14.8 Å². The molecule has 2 aromatic heterocycles. The van der Waals surface area contributed by atoms with Crippen molar-refractivity contribution in [3.63, 3.8) is 0 Å². The number of fused-ring (bicyclic) bond motifs is 2. The van der Waals surface area contributed by atoms with Crippen LogP contribution >= 0.6 is 34.5 Å². The van der Waals surface area contributed by atoms with Gasteiger partial charge in [-0.15, -0.1) is 16.4 Å². The van der Waals surface area contributed by atoms with Crippen LogP contribution in [-0.4, -0.2) is 33.7 Å². The minimum absolute atomic E-state index is 0.197. The van der Waals surface area contributed by atoms with Gasteiger partial charge in [0.1, 0.15) is 13.2 Å². The SMILES string of the molecule is O=C(/C=C\c1ccc2c(c1)OCCO2)Nc1nc2scc(-c3cc(Cl)ccc3Cl)n2n1. The van der Waals surface area contributed by atoms with Crippen molar-refractivity contribution < 1.29 is 14.3 Å². The molecule has 156 valence electrons. The van der Waals surface area contributed by atoms with Crippen LogP contribution in [0.25, 0.3) is 22.3 Å². The number of halogens is 2. The van der Waals surface area contributed by atoms with Gasteiger partial charge < -0.3 is 9.47 Å². The summed E-state index contributed by atoms with van der Waals surface area (Å²) >= 11 is 13.8. The fourth-order valence-corrected chi connectivity index (χ4v) is 4.31. The Morgan fingerprint density at radius 3 is 2.84 bits per heavy atom. The summed E-state index contributed by atoms with van der Waals surface area (Å²) in [5, 5.41) is 10.1. The van der Waals surface area contributed by atoms with E-state index in [1.807, 2.05) is 23.6 Å². The highest BCUT2D eigenvalue weighted by Gasteiger charge is 2.15. The number of carbonyl (C=O) groups is 1. The average Bonchev–Trinajstić information content (AvgIpc) is 3.34. The first-order valence-electron chi connectivity index (χ1n) is 9.25. The zero-order valence-corrected chi connectivity index (χ0v) is 18.2. The van der Waals surface area contributed by atoms with Crippen molar-refractivity contribution in [3.05, 3.63) is 63.5 Å². The van der Waals surface area contributed by atoms with Gasteiger partial charge in [-0.25, -0.2) is 4.52 Å². The molecule has 2 aromatic carbocycles. The maximum absolute atomic E-state index is 12.3. The summed E-state index contributed by atoms with van der Waals surface area (Å²) in [6, 6.07) is 10.7. The van der Waals surface area contributed by atoms with E-state index in [2.05, 4.69) is 15.4 Å². The number of aromatic nitrogens is 3. The van der Waals surface area contributed by atoms with Gasteiger partial charge in [0, 0.05) is 22.0 Å². The van der Waals surface area contributed by atoms with E-state index in [4.69, 9.17) is 32.7 Å². The maximum Gasteiger partial charge on any atom is 0.250 e. The first-order valence-corrected chi connectivity index (χ1v) is 10.9. The van der Waals surface area contributed by atoms with E-state index in [1.54, 1.807) is 28.8 Å². The predicted molar refractivity (Wildman–Crippen MR) is 121 cm³/mol. The normalized spacial score (nSPS) is 13.1. The zero-order valence-electron chi connectivity index (χ0n) is 15.8. The molecule has 1 aliphatic rings. The first-order chi connectivity index (χ1) is 15.1. The third-order valence-electron chi connectivity index (χ3n) is 4.51. The molecule has 4 aromatic rings. The molecule has 31 heavy (non-hydrogen) atoms. The Balaban J connectivity index is 1.34. The molecule has 0 fully saturated rings. The molecule has 5 rings (SSSR count). The van der Waals surface area contributed by atoms with Crippen LogP contribution in [0.15, 0.2) is 47.9 Å². The molecule has 0 aliphatic carbocycles. The number of thiazole rings is 1. The van der Waals surface area contributed by atoms with Gasteiger partial charge in [-0.3, -0.25) is 10.1 Å². The number of carbonyl (C=O) groups excluding carboxylic acids is 1. The number of amides is 1. The van der Waals surface area contributed by atoms with E-state index < -0.39 is 0 Å². The first kappa shape index (κ1) is 19.9. The van der Waals surface area contributed by atoms with Gasteiger partial charge in [0.05, 0.1) is 10.7 Å². The Morgan fingerprint density at radius 2 is 1.97 bits per heavy atom. The van der Waals surface area contributed by atoms with Crippen molar-refractivity contribution in [2.75, 3.05) is 18.5 Å². The molecule has 0 bridgehead atoms. The summed E-state index contributed by atoms with van der Waals surface area (Å²) in [7, 11) is 0. The smallest absolute Gasteiger partial charge is 0.250 e. The molecular formula is C21H14Cl2N4O3S. The lowest BCUT2D eigenvalue weighted by molar-refractivity contribution is -0.111. The number of benzene rings is 2. The number of hydrogen-bond donors (Lipinski definition) is 1. The van der Waals surface area contributed by atoms with Crippen molar-refractivity contribution in [3.8, 4) is 22.8 Å². The van der Waals surface area contributed by atoms with Crippen molar-refractivity contribution in [2.45, 2.75) is 0 Å². The number of rotatable bonds is 4. The fraction of sp³-hybridized carbons (Fsp3) is 0.0952. The standard InChI is InChI=1S/C21H14Cl2N4O3S/c22-13-3-4-15(23)14(10-13)16-11-31-21-25-20(26-27(16)21)24-19(28)6-2-12-1-5-17-18(9-12)30-8-7-29-17/h1-6,9-11H,7-8H2,(H,24,26,28)/b6-2-.